The summed E-state index contributed by atoms with van der Waals surface area (Å²) in [4.78, 5) is 25.1. The van der Waals surface area contributed by atoms with Crippen molar-refractivity contribution >= 4 is 62.5 Å². The fourth-order valence-corrected chi connectivity index (χ4v) is 3.81. The molecular weight excluding hydrogens is 419 g/mol. The first-order chi connectivity index (χ1) is 11.4. The van der Waals surface area contributed by atoms with E-state index in [1.807, 2.05) is 0 Å². The molecule has 0 aliphatic carbocycles. The maximum absolute atomic E-state index is 13.8. The Kier molecular flexibility index (Phi) is 5.12. The summed E-state index contributed by atoms with van der Waals surface area (Å²) in [6.45, 7) is 0. The summed E-state index contributed by atoms with van der Waals surface area (Å²) >= 11 is 10.3. The van der Waals surface area contributed by atoms with Gasteiger partial charge in [0.1, 0.15) is 5.82 Å². The van der Waals surface area contributed by atoms with E-state index in [0.29, 0.717) is 15.2 Å². The third-order valence-electron chi connectivity index (χ3n) is 3.34. The lowest BCUT2D eigenvalue weighted by atomic mass is 10.2. The molecule has 0 saturated carbocycles. The van der Waals surface area contributed by atoms with E-state index in [0.717, 1.165) is 4.90 Å². The van der Waals surface area contributed by atoms with Crippen LogP contribution in [0.4, 0.5) is 15.8 Å². The number of carbonyl (C=O) groups excluding carboxylic acids is 2. The van der Waals surface area contributed by atoms with E-state index >= 15 is 0 Å². The second kappa shape index (κ2) is 7.13. The van der Waals surface area contributed by atoms with Crippen molar-refractivity contribution in [2.45, 2.75) is 16.6 Å². The van der Waals surface area contributed by atoms with Gasteiger partial charge in [0.15, 0.2) is 0 Å². The molecule has 1 heterocycles. The minimum atomic E-state index is -0.586. The molecule has 124 valence electrons. The van der Waals surface area contributed by atoms with E-state index in [2.05, 4.69) is 26.6 Å². The van der Waals surface area contributed by atoms with Crippen LogP contribution in [0.25, 0.3) is 0 Å². The molecule has 0 fully saturated rings. The van der Waals surface area contributed by atoms with Crippen molar-refractivity contribution < 1.29 is 14.0 Å². The first-order valence-corrected chi connectivity index (χ1v) is 8.99. The Bertz CT molecular complexity index is 834. The van der Waals surface area contributed by atoms with Crippen molar-refractivity contribution in [3.8, 4) is 0 Å². The Labute approximate surface area is 155 Å². The number of amides is 2. The van der Waals surface area contributed by atoms with Gasteiger partial charge in [0.05, 0.1) is 16.6 Å². The predicted molar refractivity (Wildman–Crippen MR) is 97.1 cm³/mol. The Balaban J connectivity index is 1.68. The molecule has 0 radical (unpaired) electrons. The average molecular weight is 430 g/mol. The zero-order valence-corrected chi connectivity index (χ0v) is 15.3. The van der Waals surface area contributed by atoms with Crippen LogP contribution in [0.3, 0.4) is 0 Å². The van der Waals surface area contributed by atoms with Gasteiger partial charge in [-0.2, -0.15) is 0 Å². The molecule has 2 N–H and O–H groups in total. The van der Waals surface area contributed by atoms with Crippen LogP contribution < -0.4 is 10.6 Å². The molecule has 2 amide bonds. The van der Waals surface area contributed by atoms with E-state index in [1.165, 1.54) is 23.9 Å². The van der Waals surface area contributed by atoms with Crippen molar-refractivity contribution in [3.05, 3.63) is 51.7 Å². The maximum atomic E-state index is 13.8. The number of carbonyl (C=O) groups is 2. The van der Waals surface area contributed by atoms with Crippen LogP contribution in [-0.2, 0) is 9.59 Å². The van der Waals surface area contributed by atoms with Gasteiger partial charge in [0.2, 0.25) is 11.8 Å². The van der Waals surface area contributed by atoms with Gasteiger partial charge in [-0.3, -0.25) is 9.59 Å². The first kappa shape index (κ1) is 17.3. The molecule has 1 aliphatic rings. The minimum absolute atomic E-state index is 0.0614. The number of fused-ring (bicyclic) bond motifs is 1. The maximum Gasteiger partial charge on any atom is 0.238 e. The topological polar surface area (TPSA) is 58.2 Å². The molecule has 4 nitrogen and oxygen atoms in total. The van der Waals surface area contributed by atoms with Crippen molar-refractivity contribution in [1.29, 1.82) is 0 Å². The van der Waals surface area contributed by atoms with Crippen LogP contribution in [0.5, 0.6) is 0 Å². The van der Waals surface area contributed by atoms with Gasteiger partial charge in [-0.25, -0.2) is 4.39 Å². The normalized spacial score (nSPS) is 16.3. The second-order valence-corrected chi connectivity index (χ2v) is 7.71. The molecule has 1 unspecified atom stereocenters. The molecule has 3 rings (SSSR count). The summed E-state index contributed by atoms with van der Waals surface area (Å²) in [5.74, 6) is -1.25. The molecule has 2 aromatic carbocycles. The van der Waals surface area contributed by atoms with Crippen molar-refractivity contribution in [2.24, 2.45) is 0 Å². The standard InChI is InChI=1S/C16H11BrClFN2O2S/c17-8-1-3-11(10(19)5-8)20-15(22)7-14-16(23)21-12-6-9(18)2-4-13(12)24-14/h1-6,14H,7H2,(H,20,22)(H,21,23). The molecule has 8 heteroatoms. The summed E-state index contributed by atoms with van der Waals surface area (Å²) in [7, 11) is 0. The second-order valence-electron chi connectivity index (χ2n) is 5.11. The highest BCUT2D eigenvalue weighted by molar-refractivity contribution is 9.10. The lowest BCUT2D eigenvalue weighted by Crippen LogP contribution is -2.32. The largest absolute Gasteiger partial charge is 0.324 e. The van der Waals surface area contributed by atoms with Crippen molar-refractivity contribution in [3.63, 3.8) is 0 Å². The molecule has 24 heavy (non-hydrogen) atoms. The van der Waals surface area contributed by atoms with Crippen LogP contribution in [0.1, 0.15) is 6.42 Å². The number of benzene rings is 2. The molecule has 0 spiro atoms. The van der Waals surface area contributed by atoms with Crippen LogP contribution in [0, 0.1) is 5.82 Å². The van der Waals surface area contributed by atoms with Crippen LogP contribution in [-0.4, -0.2) is 17.1 Å². The molecular formula is C16H11BrClFN2O2S. The van der Waals surface area contributed by atoms with Gasteiger partial charge in [-0.1, -0.05) is 27.5 Å². The van der Waals surface area contributed by atoms with Crippen molar-refractivity contribution in [1.82, 2.24) is 0 Å². The fourth-order valence-electron chi connectivity index (χ4n) is 2.22. The highest BCUT2D eigenvalue weighted by Crippen LogP contribution is 2.38. The predicted octanol–water partition coefficient (Wildman–Crippen LogP) is 4.68. The minimum Gasteiger partial charge on any atom is -0.324 e. The quantitative estimate of drug-likeness (QED) is 0.744. The van der Waals surface area contributed by atoms with E-state index in [1.54, 1.807) is 24.3 Å². The molecule has 1 atom stereocenters. The summed E-state index contributed by atoms with van der Waals surface area (Å²) in [5.41, 5.74) is 0.713. The third kappa shape index (κ3) is 3.91. The molecule has 0 aromatic heterocycles. The summed E-state index contributed by atoms with van der Waals surface area (Å²) < 4.78 is 14.3. The van der Waals surface area contributed by atoms with Gasteiger partial charge in [-0.05, 0) is 36.4 Å². The van der Waals surface area contributed by atoms with Crippen molar-refractivity contribution in [2.75, 3.05) is 10.6 Å². The van der Waals surface area contributed by atoms with E-state index in [4.69, 9.17) is 11.6 Å². The lowest BCUT2D eigenvalue weighted by Gasteiger charge is -2.23. The van der Waals surface area contributed by atoms with Crippen LogP contribution >= 0.6 is 39.3 Å². The molecule has 0 bridgehead atoms. The Morgan fingerprint density at radius 3 is 2.88 bits per heavy atom. The summed E-state index contributed by atoms with van der Waals surface area (Å²) in [6.07, 6.45) is -0.0614. The number of hydrogen-bond acceptors (Lipinski definition) is 3. The van der Waals surface area contributed by atoms with E-state index in [9.17, 15) is 14.0 Å². The number of halogens is 3. The molecule has 2 aromatic rings. The SMILES string of the molecule is O=C(CC1Sc2ccc(Cl)cc2NC1=O)Nc1ccc(Br)cc1F. The summed E-state index contributed by atoms with van der Waals surface area (Å²) in [6, 6.07) is 9.52. The Hall–Kier alpha value is -1.57. The highest BCUT2D eigenvalue weighted by Gasteiger charge is 2.29. The first-order valence-electron chi connectivity index (χ1n) is 6.94. The Morgan fingerprint density at radius 2 is 2.12 bits per heavy atom. The Morgan fingerprint density at radius 1 is 1.33 bits per heavy atom. The van der Waals surface area contributed by atoms with E-state index < -0.39 is 17.0 Å². The van der Waals surface area contributed by atoms with Gasteiger partial charge >= 0.3 is 0 Å². The zero-order chi connectivity index (χ0) is 17.3. The monoisotopic (exact) mass is 428 g/mol. The smallest absolute Gasteiger partial charge is 0.238 e. The lowest BCUT2D eigenvalue weighted by molar-refractivity contribution is -0.120. The highest BCUT2D eigenvalue weighted by atomic mass is 79.9. The summed E-state index contributed by atoms with van der Waals surface area (Å²) in [5, 5.41) is 5.16. The van der Waals surface area contributed by atoms with Crippen LogP contribution in [0.15, 0.2) is 45.8 Å². The van der Waals surface area contributed by atoms with Gasteiger partial charge in [0, 0.05) is 20.8 Å². The van der Waals surface area contributed by atoms with Crippen LogP contribution in [0.2, 0.25) is 5.02 Å². The third-order valence-corrected chi connectivity index (χ3v) is 5.34. The number of rotatable bonds is 3. The average Bonchev–Trinajstić information content (AvgIpc) is 2.51. The van der Waals surface area contributed by atoms with Gasteiger partial charge < -0.3 is 10.6 Å². The fraction of sp³-hybridized carbons (Fsp3) is 0.125. The number of thioether (sulfide) groups is 1. The van der Waals surface area contributed by atoms with Gasteiger partial charge in [-0.15, -0.1) is 11.8 Å². The molecule has 0 saturated heterocycles. The van der Waals surface area contributed by atoms with E-state index in [-0.39, 0.29) is 18.0 Å². The molecule has 1 aliphatic heterocycles. The number of hydrogen-bond donors (Lipinski definition) is 2. The number of anilines is 2. The number of nitrogens with one attached hydrogen (secondary N) is 2. The van der Waals surface area contributed by atoms with Gasteiger partial charge in [0.25, 0.3) is 0 Å². The zero-order valence-electron chi connectivity index (χ0n) is 12.1.